The summed E-state index contributed by atoms with van der Waals surface area (Å²) in [6.45, 7) is -0.658. The van der Waals surface area contributed by atoms with E-state index in [0.29, 0.717) is 16.7 Å². The molecule has 0 fully saturated rings. The van der Waals surface area contributed by atoms with Gasteiger partial charge >= 0.3 is 6.18 Å². The number of allylic oxidation sites excluding steroid dienone is 4. The van der Waals surface area contributed by atoms with Crippen LogP contribution in [0.2, 0.25) is 0 Å². The van der Waals surface area contributed by atoms with Crippen LogP contribution in [0.1, 0.15) is 16.8 Å². The third kappa shape index (κ3) is 4.10. The highest BCUT2D eigenvalue weighted by Crippen LogP contribution is 2.39. The summed E-state index contributed by atoms with van der Waals surface area (Å²) in [5.41, 5.74) is 1.17. The summed E-state index contributed by atoms with van der Waals surface area (Å²) in [7, 11) is -3.36. The van der Waals surface area contributed by atoms with Crippen LogP contribution in [-0.4, -0.2) is 26.3 Å². The van der Waals surface area contributed by atoms with Crippen molar-refractivity contribution in [1.82, 2.24) is 4.98 Å². The number of benzene rings is 1. The Kier molecular flexibility index (Phi) is 4.94. The standard InChI is InChI=1S/C19H15F4NO2S/c1-27(25,26)15-5-2-13(3-6-15)16-8-12(10-20)9-17(16)18-7-4-14(11-24-18)19(21,22)23/h2-9,11-12H,10H2,1H3. The minimum atomic E-state index is -4.49. The number of hydrogen-bond donors (Lipinski definition) is 0. The molecule has 1 aromatic carbocycles. The molecule has 8 heteroatoms. The third-order valence-electron chi connectivity index (χ3n) is 4.19. The number of aromatic nitrogens is 1. The summed E-state index contributed by atoms with van der Waals surface area (Å²) in [6, 6.07) is 8.21. The maximum Gasteiger partial charge on any atom is 0.417 e. The van der Waals surface area contributed by atoms with E-state index in [1.54, 1.807) is 24.3 Å². The number of rotatable bonds is 4. The Bertz CT molecular complexity index is 1010. The lowest BCUT2D eigenvalue weighted by atomic mass is 9.98. The van der Waals surface area contributed by atoms with Crippen molar-refractivity contribution in [2.75, 3.05) is 12.9 Å². The number of alkyl halides is 4. The Hall–Kier alpha value is -2.48. The van der Waals surface area contributed by atoms with Crippen LogP contribution < -0.4 is 0 Å². The molecule has 1 heterocycles. The van der Waals surface area contributed by atoms with Gasteiger partial charge in [-0.3, -0.25) is 9.37 Å². The Morgan fingerprint density at radius 1 is 1.00 bits per heavy atom. The van der Waals surface area contributed by atoms with E-state index in [-0.39, 0.29) is 10.6 Å². The van der Waals surface area contributed by atoms with Crippen LogP contribution in [0.4, 0.5) is 17.6 Å². The monoisotopic (exact) mass is 397 g/mol. The predicted octanol–water partition coefficient (Wildman–Crippen LogP) is 4.57. The Labute approximate surface area is 154 Å². The second kappa shape index (κ2) is 6.92. The molecule has 1 aromatic heterocycles. The molecule has 0 aliphatic heterocycles. The van der Waals surface area contributed by atoms with Gasteiger partial charge in [0.15, 0.2) is 9.84 Å². The molecule has 3 rings (SSSR count). The zero-order valence-electron chi connectivity index (χ0n) is 14.2. The molecule has 27 heavy (non-hydrogen) atoms. The van der Waals surface area contributed by atoms with E-state index in [1.165, 1.54) is 18.2 Å². The first-order chi connectivity index (χ1) is 12.6. The Balaban J connectivity index is 1.98. The third-order valence-corrected chi connectivity index (χ3v) is 5.32. The highest BCUT2D eigenvalue weighted by atomic mass is 32.2. The van der Waals surface area contributed by atoms with Crippen molar-refractivity contribution in [3.8, 4) is 0 Å². The van der Waals surface area contributed by atoms with E-state index in [4.69, 9.17) is 0 Å². The van der Waals surface area contributed by atoms with Crippen LogP contribution in [0, 0.1) is 5.92 Å². The summed E-state index contributed by atoms with van der Waals surface area (Å²) < 4.78 is 74.5. The quantitative estimate of drug-likeness (QED) is 0.710. The van der Waals surface area contributed by atoms with Crippen LogP contribution in [0.3, 0.4) is 0 Å². The van der Waals surface area contributed by atoms with Gasteiger partial charge < -0.3 is 0 Å². The topological polar surface area (TPSA) is 47.0 Å². The minimum absolute atomic E-state index is 0.144. The smallest absolute Gasteiger partial charge is 0.256 e. The molecule has 0 saturated heterocycles. The Morgan fingerprint density at radius 3 is 2.11 bits per heavy atom. The second-order valence-electron chi connectivity index (χ2n) is 6.21. The van der Waals surface area contributed by atoms with Crippen molar-refractivity contribution in [3.63, 3.8) is 0 Å². The van der Waals surface area contributed by atoms with Crippen molar-refractivity contribution in [3.05, 3.63) is 71.6 Å². The second-order valence-corrected chi connectivity index (χ2v) is 8.22. The first kappa shape index (κ1) is 19.3. The summed E-state index contributed by atoms with van der Waals surface area (Å²) >= 11 is 0. The highest BCUT2D eigenvalue weighted by Gasteiger charge is 2.31. The molecule has 0 spiro atoms. The van der Waals surface area contributed by atoms with Crippen molar-refractivity contribution < 1.29 is 26.0 Å². The molecule has 0 saturated carbocycles. The van der Waals surface area contributed by atoms with E-state index in [9.17, 15) is 26.0 Å². The Morgan fingerprint density at radius 2 is 1.63 bits per heavy atom. The van der Waals surface area contributed by atoms with Gasteiger partial charge in [-0.15, -0.1) is 0 Å². The highest BCUT2D eigenvalue weighted by molar-refractivity contribution is 7.90. The minimum Gasteiger partial charge on any atom is -0.256 e. The van der Waals surface area contributed by atoms with Crippen molar-refractivity contribution >= 4 is 21.0 Å². The molecule has 0 bridgehead atoms. The summed E-state index contributed by atoms with van der Waals surface area (Å²) in [5, 5.41) is 0. The van der Waals surface area contributed by atoms with Gasteiger partial charge in [-0.05, 0) is 35.4 Å². The van der Waals surface area contributed by atoms with E-state index < -0.39 is 34.2 Å². The summed E-state index contributed by atoms with van der Waals surface area (Å²) in [5.74, 6) is -0.520. The molecule has 1 aliphatic carbocycles. The van der Waals surface area contributed by atoms with Gasteiger partial charge in [-0.25, -0.2) is 8.42 Å². The number of halogens is 4. The van der Waals surface area contributed by atoms with E-state index >= 15 is 0 Å². The van der Waals surface area contributed by atoms with Gasteiger partial charge in [0.1, 0.15) is 0 Å². The molecular formula is C19H15F4NO2S. The van der Waals surface area contributed by atoms with E-state index in [2.05, 4.69) is 4.98 Å². The number of sulfone groups is 1. The molecule has 3 nitrogen and oxygen atoms in total. The normalized spacial score (nSPS) is 17.6. The largest absolute Gasteiger partial charge is 0.417 e. The van der Waals surface area contributed by atoms with Gasteiger partial charge in [0, 0.05) is 23.9 Å². The first-order valence-corrected chi connectivity index (χ1v) is 9.83. The van der Waals surface area contributed by atoms with E-state index in [1.807, 2.05) is 0 Å². The lowest BCUT2D eigenvalue weighted by molar-refractivity contribution is -0.137. The van der Waals surface area contributed by atoms with Crippen molar-refractivity contribution in [1.29, 1.82) is 0 Å². The molecule has 0 amide bonds. The average Bonchev–Trinajstić information content (AvgIpc) is 3.05. The molecular weight excluding hydrogens is 382 g/mol. The van der Waals surface area contributed by atoms with E-state index in [0.717, 1.165) is 18.5 Å². The number of pyridine rings is 1. The molecule has 142 valence electrons. The summed E-state index contributed by atoms with van der Waals surface area (Å²) in [4.78, 5) is 4.02. The lowest BCUT2D eigenvalue weighted by Crippen LogP contribution is -2.05. The zero-order valence-corrected chi connectivity index (χ0v) is 15.0. The molecule has 2 aromatic rings. The van der Waals surface area contributed by atoms with Crippen LogP contribution in [-0.2, 0) is 16.0 Å². The van der Waals surface area contributed by atoms with Crippen LogP contribution in [0.25, 0.3) is 11.1 Å². The average molecular weight is 397 g/mol. The van der Waals surface area contributed by atoms with Gasteiger partial charge in [0.25, 0.3) is 0 Å². The zero-order chi connectivity index (χ0) is 19.8. The van der Waals surface area contributed by atoms with Crippen LogP contribution in [0.15, 0.2) is 59.6 Å². The fourth-order valence-corrected chi connectivity index (χ4v) is 3.45. The fourth-order valence-electron chi connectivity index (χ4n) is 2.82. The molecule has 0 radical (unpaired) electrons. The number of hydrogen-bond acceptors (Lipinski definition) is 3. The molecule has 0 N–H and O–H groups in total. The first-order valence-electron chi connectivity index (χ1n) is 7.93. The van der Waals surface area contributed by atoms with Crippen LogP contribution >= 0.6 is 0 Å². The molecule has 1 aliphatic rings. The summed E-state index contributed by atoms with van der Waals surface area (Å²) in [6.07, 6.45) is 0.605. The van der Waals surface area contributed by atoms with Gasteiger partial charge in [-0.1, -0.05) is 24.3 Å². The van der Waals surface area contributed by atoms with Crippen molar-refractivity contribution in [2.45, 2.75) is 11.1 Å². The maximum atomic E-state index is 13.2. The van der Waals surface area contributed by atoms with Gasteiger partial charge in [0.2, 0.25) is 0 Å². The fraction of sp³-hybridized carbons (Fsp3) is 0.211. The van der Waals surface area contributed by atoms with Crippen LogP contribution in [0.5, 0.6) is 0 Å². The lowest BCUT2D eigenvalue weighted by Gasteiger charge is -2.11. The number of nitrogens with zero attached hydrogens (tertiary/aromatic N) is 1. The molecule has 1 unspecified atom stereocenters. The molecule has 1 atom stereocenters. The SMILES string of the molecule is CS(=O)(=O)c1ccc(C2=CC(CF)C=C2c2ccc(C(F)(F)F)cn2)cc1. The predicted molar refractivity (Wildman–Crippen MR) is 94.2 cm³/mol. The van der Waals surface area contributed by atoms with Gasteiger partial charge in [0.05, 0.1) is 22.8 Å². The van der Waals surface area contributed by atoms with Crippen molar-refractivity contribution in [2.24, 2.45) is 5.92 Å². The maximum absolute atomic E-state index is 13.2. The van der Waals surface area contributed by atoms with Gasteiger partial charge in [-0.2, -0.15) is 13.2 Å².